The van der Waals surface area contributed by atoms with Crippen LogP contribution >= 0.6 is 15.9 Å². The molecule has 1 amide bonds. The third-order valence-electron chi connectivity index (χ3n) is 3.49. The highest BCUT2D eigenvalue weighted by molar-refractivity contribution is 9.10. The van der Waals surface area contributed by atoms with Gasteiger partial charge in [-0.15, -0.1) is 0 Å². The zero-order valence-electron chi connectivity index (χ0n) is 13.5. The highest BCUT2D eigenvalue weighted by atomic mass is 79.9. The summed E-state index contributed by atoms with van der Waals surface area (Å²) in [6.45, 7) is 0. The number of hydrogen-bond donors (Lipinski definition) is 2. The number of para-hydroxylation sites is 1. The Kier molecular flexibility index (Phi) is 5.30. The Balaban J connectivity index is 1.68. The molecule has 0 unspecified atom stereocenters. The molecule has 0 saturated heterocycles. The molecule has 0 radical (unpaired) electrons. The van der Waals surface area contributed by atoms with Gasteiger partial charge in [0, 0.05) is 10.2 Å². The number of anilines is 3. The number of hydrogen-bond acceptors (Lipinski definition) is 4. The SMILES string of the molecule is COc1ccccc1C(=O)Nc1ccc(Nc2ccc(Br)cc2)nc1. The first-order valence-corrected chi connectivity index (χ1v) is 8.38. The van der Waals surface area contributed by atoms with E-state index in [9.17, 15) is 4.79 Å². The summed E-state index contributed by atoms with van der Waals surface area (Å²) in [7, 11) is 1.54. The number of benzene rings is 2. The van der Waals surface area contributed by atoms with E-state index in [1.807, 2.05) is 30.3 Å². The van der Waals surface area contributed by atoms with Crippen LogP contribution in [0.4, 0.5) is 17.2 Å². The number of nitrogens with one attached hydrogen (secondary N) is 2. The van der Waals surface area contributed by atoms with Crippen LogP contribution in [0.3, 0.4) is 0 Å². The molecule has 3 rings (SSSR count). The zero-order valence-corrected chi connectivity index (χ0v) is 15.1. The first kappa shape index (κ1) is 17.0. The van der Waals surface area contributed by atoms with E-state index in [2.05, 4.69) is 31.5 Å². The molecule has 1 heterocycles. The minimum atomic E-state index is -0.243. The van der Waals surface area contributed by atoms with Crippen molar-refractivity contribution in [1.82, 2.24) is 4.98 Å². The molecule has 0 fully saturated rings. The Bertz CT molecular complexity index is 865. The lowest BCUT2D eigenvalue weighted by atomic mass is 10.2. The average molecular weight is 398 g/mol. The summed E-state index contributed by atoms with van der Waals surface area (Å²) in [5.74, 6) is 0.979. The van der Waals surface area contributed by atoms with Crippen LogP contribution < -0.4 is 15.4 Å². The standard InChI is InChI=1S/C19H16BrN3O2/c1-25-17-5-3-2-4-16(17)19(24)23-15-10-11-18(21-12-15)22-14-8-6-13(20)7-9-14/h2-12H,1H3,(H,21,22)(H,23,24). The zero-order chi connectivity index (χ0) is 17.6. The van der Waals surface area contributed by atoms with Crippen LogP contribution in [0.5, 0.6) is 5.75 Å². The maximum Gasteiger partial charge on any atom is 0.259 e. The molecule has 2 N–H and O–H groups in total. The molecule has 5 nitrogen and oxygen atoms in total. The fourth-order valence-electron chi connectivity index (χ4n) is 2.25. The summed E-state index contributed by atoms with van der Waals surface area (Å²) in [4.78, 5) is 16.7. The van der Waals surface area contributed by atoms with Gasteiger partial charge in [0.15, 0.2) is 0 Å². The van der Waals surface area contributed by atoms with Crippen LogP contribution in [0, 0.1) is 0 Å². The second kappa shape index (κ2) is 7.81. The van der Waals surface area contributed by atoms with E-state index < -0.39 is 0 Å². The molecule has 0 spiro atoms. The second-order valence-electron chi connectivity index (χ2n) is 5.22. The molecule has 0 saturated carbocycles. The fourth-order valence-corrected chi connectivity index (χ4v) is 2.52. The van der Waals surface area contributed by atoms with Crippen molar-refractivity contribution in [3.05, 3.63) is 76.9 Å². The van der Waals surface area contributed by atoms with Gasteiger partial charge in [-0.05, 0) is 48.5 Å². The number of nitrogens with zero attached hydrogens (tertiary/aromatic N) is 1. The van der Waals surface area contributed by atoms with E-state index in [1.165, 1.54) is 7.11 Å². The highest BCUT2D eigenvalue weighted by Gasteiger charge is 2.11. The summed E-state index contributed by atoms with van der Waals surface area (Å²) >= 11 is 3.40. The van der Waals surface area contributed by atoms with Gasteiger partial charge in [-0.2, -0.15) is 0 Å². The van der Waals surface area contributed by atoms with Crippen LogP contribution in [0.15, 0.2) is 71.3 Å². The molecular weight excluding hydrogens is 382 g/mol. The Morgan fingerprint density at radius 3 is 2.40 bits per heavy atom. The van der Waals surface area contributed by atoms with Crippen molar-refractivity contribution >= 4 is 39.0 Å². The lowest BCUT2D eigenvalue weighted by Crippen LogP contribution is -2.13. The van der Waals surface area contributed by atoms with Gasteiger partial charge in [-0.3, -0.25) is 4.79 Å². The number of methoxy groups -OCH3 is 1. The van der Waals surface area contributed by atoms with Crippen molar-refractivity contribution < 1.29 is 9.53 Å². The molecule has 0 bridgehead atoms. The first-order valence-electron chi connectivity index (χ1n) is 7.59. The Hall–Kier alpha value is -2.86. The predicted octanol–water partition coefficient (Wildman–Crippen LogP) is 4.85. The lowest BCUT2D eigenvalue weighted by molar-refractivity contribution is 0.102. The van der Waals surface area contributed by atoms with E-state index in [1.54, 1.807) is 36.5 Å². The summed E-state index contributed by atoms with van der Waals surface area (Å²) < 4.78 is 6.22. The second-order valence-corrected chi connectivity index (χ2v) is 6.13. The number of halogens is 1. The highest BCUT2D eigenvalue weighted by Crippen LogP contribution is 2.21. The minimum absolute atomic E-state index is 0.243. The molecule has 1 aromatic heterocycles. The molecule has 0 aliphatic rings. The van der Waals surface area contributed by atoms with Gasteiger partial charge in [0.05, 0.1) is 24.6 Å². The molecular formula is C19H16BrN3O2. The van der Waals surface area contributed by atoms with Gasteiger partial charge < -0.3 is 15.4 Å². The monoisotopic (exact) mass is 397 g/mol. The van der Waals surface area contributed by atoms with Gasteiger partial charge in [0.25, 0.3) is 5.91 Å². The smallest absolute Gasteiger partial charge is 0.259 e. The van der Waals surface area contributed by atoms with Crippen molar-refractivity contribution in [2.45, 2.75) is 0 Å². The van der Waals surface area contributed by atoms with Crippen molar-refractivity contribution in [3.8, 4) is 5.75 Å². The van der Waals surface area contributed by atoms with E-state index in [0.717, 1.165) is 10.2 Å². The Morgan fingerprint density at radius 1 is 1.00 bits per heavy atom. The number of aromatic nitrogens is 1. The number of rotatable bonds is 5. The molecule has 25 heavy (non-hydrogen) atoms. The molecule has 0 atom stereocenters. The molecule has 3 aromatic rings. The number of carbonyl (C=O) groups is 1. The van der Waals surface area contributed by atoms with Crippen molar-refractivity contribution in [1.29, 1.82) is 0 Å². The van der Waals surface area contributed by atoms with E-state index in [4.69, 9.17) is 4.74 Å². The summed E-state index contributed by atoms with van der Waals surface area (Å²) in [5, 5.41) is 6.01. The molecule has 126 valence electrons. The number of pyridine rings is 1. The largest absolute Gasteiger partial charge is 0.496 e. The lowest BCUT2D eigenvalue weighted by Gasteiger charge is -2.10. The Labute approximate surface area is 154 Å². The van der Waals surface area contributed by atoms with Crippen molar-refractivity contribution in [2.24, 2.45) is 0 Å². The molecule has 2 aromatic carbocycles. The maximum atomic E-state index is 12.4. The fraction of sp³-hybridized carbons (Fsp3) is 0.0526. The molecule has 0 aliphatic carbocycles. The first-order chi connectivity index (χ1) is 12.2. The maximum absolute atomic E-state index is 12.4. The van der Waals surface area contributed by atoms with Crippen LogP contribution in [0.1, 0.15) is 10.4 Å². The summed E-state index contributed by atoms with van der Waals surface area (Å²) in [6.07, 6.45) is 1.61. The van der Waals surface area contributed by atoms with Gasteiger partial charge in [0.2, 0.25) is 0 Å². The van der Waals surface area contributed by atoms with Gasteiger partial charge in [0.1, 0.15) is 11.6 Å². The summed E-state index contributed by atoms with van der Waals surface area (Å²) in [5.41, 5.74) is 2.01. The topological polar surface area (TPSA) is 63.2 Å². The van der Waals surface area contributed by atoms with Gasteiger partial charge in [-0.25, -0.2) is 4.98 Å². The third-order valence-corrected chi connectivity index (χ3v) is 4.02. The molecule has 6 heteroatoms. The van der Waals surface area contributed by atoms with Gasteiger partial charge in [-0.1, -0.05) is 28.1 Å². The third kappa shape index (κ3) is 4.36. The average Bonchev–Trinajstić information content (AvgIpc) is 2.65. The van der Waals surface area contributed by atoms with Crippen LogP contribution in [0.25, 0.3) is 0 Å². The number of amides is 1. The van der Waals surface area contributed by atoms with Crippen LogP contribution in [-0.2, 0) is 0 Å². The Morgan fingerprint density at radius 2 is 1.72 bits per heavy atom. The van der Waals surface area contributed by atoms with Crippen molar-refractivity contribution in [2.75, 3.05) is 17.7 Å². The van der Waals surface area contributed by atoms with Crippen LogP contribution in [0.2, 0.25) is 0 Å². The van der Waals surface area contributed by atoms with Gasteiger partial charge >= 0.3 is 0 Å². The van der Waals surface area contributed by atoms with E-state index in [-0.39, 0.29) is 5.91 Å². The van der Waals surface area contributed by atoms with E-state index in [0.29, 0.717) is 22.8 Å². The predicted molar refractivity (Wildman–Crippen MR) is 103 cm³/mol. The van der Waals surface area contributed by atoms with Crippen molar-refractivity contribution in [3.63, 3.8) is 0 Å². The molecule has 0 aliphatic heterocycles. The number of ether oxygens (including phenoxy) is 1. The van der Waals surface area contributed by atoms with E-state index >= 15 is 0 Å². The summed E-state index contributed by atoms with van der Waals surface area (Å²) in [6, 6.07) is 18.5. The normalized spacial score (nSPS) is 10.2. The minimum Gasteiger partial charge on any atom is -0.496 e. The quantitative estimate of drug-likeness (QED) is 0.645. The number of carbonyl (C=O) groups excluding carboxylic acids is 1. The van der Waals surface area contributed by atoms with Crippen LogP contribution in [-0.4, -0.2) is 18.0 Å².